The third-order valence-electron chi connectivity index (χ3n) is 5.52. The van der Waals surface area contributed by atoms with Crippen LogP contribution < -0.4 is 5.32 Å². The quantitative estimate of drug-likeness (QED) is 0.690. The minimum Gasteiger partial charge on any atom is -0.349 e. The Morgan fingerprint density at radius 2 is 1.72 bits per heavy atom. The van der Waals surface area contributed by atoms with Gasteiger partial charge in [-0.1, -0.05) is 66.7 Å². The number of amides is 2. The zero-order valence-corrected chi connectivity index (χ0v) is 16.6. The van der Waals surface area contributed by atoms with Crippen molar-refractivity contribution < 1.29 is 9.59 Å². The van der Waals surface area contributed by atoms with Crippen molar-refractivity contribution in [1.82, 2.24) is 10.2 Å². The number of nitrogens with one attached hydrogen (secondary N) is 1. The van der Waals surface area contributed by atoms with Crippen LogP contribution in [0.15, 0.2) is 72.9 Å². The molecule has 0 fully saturated rings. The van der Waals surface area contributed by atoms with Crippen molar-refractivity contribution in [2.75, 3.05) is 0 Å². The van der Waals surface area contributed by atoms with Crippen LogP contribution in [0.1, 0.15) is 49.0 Å². The first-order valence-corrected chi connectivity index (χ1v) is 9.87. The smallest absolute Gasteiger partial charge is 0.223 e. The molecule has 0 spiro atoms. The Morgan fingerprint density at radius 1 is 1.00 bits per heavy atom. The lowest BCUT2D eigenvalue weighted by Gasteiger charge is -2.32. The van der Waals surface area contributed by atoms with Crippen molar-refractivity contribution in [3.63, 3.8) is 0 Å². The van der Waals surface area contributed by atoms with Gasteiger partial charge in [0.2, 0.25) is 11.8 Å². The molecule has 4 heteroatoms. The molecule has 29 heavy (non-hydrogen) atoms. The molecule has 0 saturated heterocycles. The van der Waals surface area contributed by atoms with E-state index in [1.54, 1.807) is 11.1 Å². The lowest BCUT2D eigenvalue weighted by molar-refractivity contribution is -0.130. The van der Waals surface area contributed by atoms with Gasteiger partial charge in [-0.3, -0.25) is 9.59 Å². The predicted octanol–water partition coefficient (Wildman–Crippen LogP) is 4.98. The van der Waals surface area contributed by atoms with Crippen molar-refractivity contribution >= 4 is 28.7 Å². The van der Waals surface area contributed by atoms with Crippen LogP contribution in [0.3, 0.4) is 0 Å². The van der Waals surface area contributed by atoms with E-state index in [0.29, 0.717) is 0 Å². The van der Waals surface area contributed by atoms with E-state index in [1.807, 2.05) is 61.5 Å². The van der Waals surface area contributed by atoms with Gasteiger partial charge in [0.15, 0.2) is 0 Å². The first kappa shape index (κ1) is 18.9. The average molecular weight is 384 g/mol. The summed E-state index contributed by atoms with van der Waals surface area (Å²) >= 11 is 0. The SMILES string of the molecule is CC(=O)N1C=Cc2ccccc2[C@@H]1CC(=O)N[C@H](C)c1cccc2ccccc12. The Balaban J connectivity index is 1.55. The summed E-state index contributed by atoms with van der Waals surface area (Å²) in [6, 6.07) is 21.8. The minimum absolute atomic E-state index is 0.0735. The summed E-state index contributed by atoms with van der Waals surface area (Å²) in [4.78, 5) is 26.7. The highest BCUT2D eigenvalue weighted by Crippen LogP contribution is 2.33. The molecule has 1 aliphatic rings. The summed E-state index contributed by atoms with van der Waals surface area (Å²) < 4.78 is 0. The van der Waals surface area contributed by atoms with Gasteiger partial charge in [0.25, 0.3) is 0 Å². The zero-order chi connectivity index (χ0) is 20.4. The third-order valence-corrected chi connectivity index (χ3v) is 5.52. The number of hydrogen-bond acceptors (Lipinski definition) is 2. The number of carbonyl (C=O) groups excluding carboxylic acids is 2. The second kappa shape index (κ2) is 7.92. The first-order chi connectivity index (χ1) is 14.0. The van der Waals surface area contributed by atoms with Gasteiger partial charge in [0.1, 0.15) is 0 Å². The van der Waals surface area contributed by atoms with Crippen LogP contribution in [0.25, 0.3) is 16.8 Å². The average Bonchev–Trinajstić information content (AvgIpc) is 2.73. The standard InChI is InChI=1S/C25H24N2O2/c1-17(21-13-7-10-19-8-3-5-11-22(19)21)26-25(29)16-24-23-12-6-4-9-20(23)14-15-27(24)18(2)28/h3-15,17,24H,16H2,1-2H3,(H,26,29)/t17-,24+/m1/s1. The summed E-state index contributed by atoms with van der Waals surface area (Å²) in [6.45, 7) is 3.53. The highest BCUT2D eigenvalue weighted by Gasteiger charge is 2.28. The minimum atomic E-state index is -0.298. The number of hydrogen-bond donors (Lipinski definition) is 1. The predicted molar refractivity (Wildman–Crippen MR) is 116 cm³/mol. The van der Waals surface area contributed by atoms with E-state index in [-0.39, 0.29) is 30.3 Å². The van der Waals surface area contributed by atoms with Crippen LogP contribution in [0, 0.1) is 0 Å². The largest absolute Gasteiger partial charge is 0.349 e. The fraction of sp³-hybridized carbons (Fsp3) is 0.200. The lowest BCUT2D eigenvalue weighted by Crippen LogP contribution is -2.36. The summed E-state index contributed by atoms with van der Waals surface area (Å²) in [5, 5.41) is 5.42. The topological polar surface area (TPSA) is 49.4 Å². The number of rotatable bonds is 4. The van der Waals surface area contributed by atoms with E-state index in [1.165, 1.54) is 6.92 Å². The Hall–Kier alpha value is -3.40. The molecule has 0 bridgehead atoms. The van der Waals surface area contributed by atoms with Gasteiger partial charge in [-0.05, 0) is 40.5 Å². The van der Waals surface area contributed by atoms with Crippen LogP contribution in [0.4, 0.5) is 0 Å². The van der Waals surface area contributed by atoms with E-state index in [9.17, 15) is 9.59 Å². The highest BCUT2D eigenvalue weighted by atomic mass is 16.2. The number of carbonyl (C=O) groups is 2. The summed E-state index contributed by atoms with van der Waals surface area (Å²) in [6.07, 6.45) is 3.91. The number of benzene rings is 3. The van der Waals surface area contributed by atoms with Gasteiger partial charge in [-0.25, -0.2) is 0 Å². The van der Waals surface area contributed by atoms with Crippen LogP contribution in [-0.4, -0.2) is 16.7 Å². The molecule has 146 valence electrons. The normalized spacial score (nSPS) is 16.3. The molecule has 1 heterocycles. The molecule has 1 aliphatic heterocycles. The molecule has 4 nitrogen and oxygen atoms in total. The Morgan fingerprint density at radius 3 is 2.55 bits per heavy atom. The van der Waals surface area contributed by atoms with E-state index >= 15 is 0 Å². The third kappa shape index (κ3) is 3.79. The van der Waals surface area contributed by atoms with Crippen LogP contribution in [0.5, 0.6) is 0 Å². The van der Waals surface area contributed by atoms with Crippen LogP contribution in [0.2, 0.25) is 0 Å². The van der Waals surface area contributed by atoms with Gasteiger partial charge >= 0.3 is 0 Å². The molecule has 0 saturated carbocycles. The van der Waals surface area contributed by atoms with Gasteiger partial charge in [0, 0.05) is 13.1 Å². The summed E-state index contributed by atoms with van der Waals surface area (Å²) in [7, 11) is 0. The molecule has 3 aromatic carbocycles. The Labute approximate surface area is 170 Å². The number of nitrogens with zero attached hydrogens (tertiary/aromatic N) is 1. The fourth-order valence-corrected chi connectivity index (χ4v) is 4.10. The van der Waals surface area contributed by atoms with Crippen molar-refractivity contribution in [2.45, 2.75) is 32.4 Å². The molecular formula is C25H24N2O2. The van der Waals surface area contributed by atoms with Gasteiger partial charge in [-0.2, -0.15) is 0 Å². The van der Waals surface area contributed by atoms with Gasteiger partial charge in [-0.15, -0.1) is 0 Å². The van der Waals surface area contributed by atoms with Crippen molar-refractivity contribution in [1.29, 1.82) is 0 Å². The van der Waals surface area contributed by atoms with Crippen LogP contribution in [-0.2, 0) is 9.59 Å². The van der Waals surface area contributed by atoms with E-state index < -0.39 is 0 Å². The Kier molecular flexibility index (Phi) is 5.17. The molecule has 0 aromatic heterocycles. The lowest BCUT2D eigenvalue weighted by atomic mass is 9.93. The monoisotopic (exact) mass is 384 g/mol. The van der Waals surface area contributed by atoms with Crippen LogP contribution >= 0.6 is 0 Å². The van der Waals surface area contributed by atoms with E-state index in [4.69, 9.17) is 0 Å². The fourth-order valence-electron chi connectivity index (χ4n) is 4.10. The molecule has 0 radical (unpaired) electrons. The zero-order valence-electron chi connectivity index (χ0n) is 16.6. The first-order valence-electron chi connectivity index (χ1n) is 9.87. The molecule has 2 amide bonds. The molecular weight excluding hydrogens is 360 g/mol. The van der Waals surface area contributed by atoms with Crippen molar-refractivity contribution in [3.05, 3.63) is 89.6 Å². The van der Waals surface area contributed by atoms with Gasteiger partial charge in [0.05, 0.1) is 18.5 Å². The van der Waals surface area contributed by atoms with E-state index in [2.05, 4.69) is 23.5 Å². The Bertz CT molecular complexity index is 1100. The van der Waals surface area contributed by atoms with Crippen molar-refractivity contribution in [2.24, 2.45) is 0 Å². The van der Waals surface area contributed by atoms with Crippen molar-refractivity contribution in [3.8, 4) is 0 Å². The second-order valence-electron chi connectivity index (χ2n) is 7.45. The van der Waals surface area contributed by atoms with E-state index in [0.717, 1.165) is 27.5 Å². The maximum Gasteiger partial charge on any atom is 0.223 e. The molecule has 0 unspecified atom stereocenters. The molecule has 0 aliphatic carbocycles. The summed E-state index contributed by atoms with van der Waals surface area (Å²) in [5.41, 5.74) is 3.13. The maximum absolute atomic E-state index is 12.9. The highest BCUT2D eigenvalue weighted by molar-refractivity contribution is 5.87. The van der Waals surface area contributed by atoms with Gasteiger partial charge < -0.3 is 10.2 Å². The molecule has 4 rings (SSSR count). The summed E-state index contributed by atoms with van der Waals surface area (Å²) in [5.74, 6) is -0.151. The maximum atomic E-state index is 12.9. The molecule has 2 atom stereocenters. The second-order valence-corrected chi connectivity index (χ2v) is 7.45. The number of fused-ring (bicyclic) bond motifs is 2. The molecule has 1 N–H and O–H groups in total. The molecule has 3 aromatic rings.